The monoisotopic (exact) mass is 306 g/mol. The number of anilines is 1. The Morgan fingerprint density at radius 3 is 3.18 bits per heavy atom. The second-order valence-electron chi connectivity index (χ2n) is 5.09. The first-order valence-corrected chi connectivity index (χ1v) is 6.96. The quantitative estimate of drug-likeness (QED) is 0.901. The standard InChI is InChI=1S/C14H15FN4O3/c15-10-4-1-3-9(7-10)12-17-13(22-18-12)16-8-11-5-2-6-19(11)14(20)21/h1,3-4,7,11H,2,5-6,8H2,(H,20,21)(H,16,17,18)/t11-/m0/s1. The van der Waals surface area contributed by atoms with Gasteiger partial charge in [-0.1, -0.05) is 17.3 Å². The molecule has 3 rings (SSSR count). The molecule has 0 radical (unpaired) electrons. The van der Waals surface area contributed by atoms with Crippen molar-refractivity contribution in [2.24, 2.45) is 0 Å². The first-order valence-electron chi connectivity index (χ1n) is 6.96. The van der Waals surface area contributed by atoms with E-state index in [0.717, 1.165) is 12.8 Å². The first-order chi connectivity index (χ1) is 10.6. The van der Waals surface area contributed by atoms with Gasteiger partial charge in [-0.25, -0.2) is 9.18 Å². The summed E-state index contributed by atoms with van der Waals surface area (Å²) in [5, 5.41) is 15.8. The number of rotatable bonds is 4. The average molecular weight is 306 g/mol. The van der Waals surface area contributed by atoms with E-state index in [1.54, 1.807) is 12.1 Å². The van der Waals surface area contributed by atoms with Gasteiger partial charge in [-0.15, -0.1) is 0 Å². The average Bonchev–Trinajstić information content (AvgIpc) is 3.14. The lowest BCUT2D eigenvalue weighted by Gasteiger charge is -2.20. The Bertz CT molecular complexity index is 676. The van der Waals surface area contributed by atoms with Crippen LogP contribution in [0.2, 0.25) is 0 Å². The van der Waals surface area contributed by atoms with Gasteiger partial charge in [-0.3, -0.25) is 0 Å². The van der Waals surface area contributed by atoms with E-state index in [2.05, 4.69) is 15.5 Å². The zero-order chi connectivity index (χ0) is 15.5. The van der Waals surface area contributed by atoms with Gasteiger partial charge in [-0.05, 0) is 25.0 Å². The lowest BCUT2D eigenvalue weighted by molar-refractivity contribution is 0.142. The molecular weight excluding hydrogens is 291 g/mol. The van der Waals surface area contributed by atoms with E-state index in [1.165, 1.54) is 17.0 Å². The fourth-order valence-corrected chi connectivity index (χ4v) is 2.54. The van der Waals surface area contributed by atoms with Gasteiger partial charge in [-0.2, -0.15) is 4.98 Å². The van der Waals surface area contributed by atoms with Gasteiger partial charge in [0, 0.05) is 18.7 Å². The van der Waals surface area contributed by atoms with E-state index in [-0.39, 0.29) is 23.7 Å². The molecule has 1 aliphatic rings. The Kier molecular flexibility index (Phi) is 3.90. The first kappa shape index (κ1) is 14.3. The fraction of sp³-hybridized carbons (Fsp3) is 0.357. The lowest BCUT2D eigenvalue weighted by atomic mass is 10.2. The third-order valence-corrected chi connectivity index (χ3v) is 3.62. The van der Waals surface area contributed by atoms with Crippen LogP contribution in [0.4, 0.5) is 15.2 Å². The van der Waals surface area contributed by atoms with Gasteiger partial charge in [0.25, 0.3) is 0 Å². The summed E-state index contributed by atoms with van der Waals surface area (Å²) < 4.78 is 18.2. The van der Waals surface area contributed by atoms with E-state index in [4.69, 9.17) is 9.63 Å². The van der Waals surface area contributed by atoms with Gasteiger partial charge in [0.15, 0.2) is 0 Å². The molecule has 2 N–H and O–H groups in total. The largest absolute Gasteiger partial charge is 0.465 e. The minimum atomic E-state index is -0.921. The summed E-state index contributed by atoms with van der Waals surface area (Å²) in [6, 6.07) is 5.98. The number of nitrogens with one attached hydrogen (secondary N) is 1. The summed E-state index contributed by atoms with van der Waals surface area (Å²) in [4.78, 5) is 16.6. The maximum Gasteiger partial charge on any atom is 0.407 e. The number of likely N-dealkylation sites (tertiary alicyclic amines) is 1. The predicted molar refractivity (Wildman–Crippen MR) is 75.9 cm³/mol. The van der Waals surface area contributed by atoms with E-state index < -0.39 is 6.09 Å². The molecular formula is C14H15FN4O3. The van der Waals surface area contributed by atoms with Crippen LogP contribution in [-0.2, 0) is 0 Å². The molecule has 1 aromatic carbocycles. The molecule has 1 atom stereocenters. The molecule has 0 aliphatic carbocycles. The second kappa shape index (κ2) is 6.00. The Balaban J connectivity index is 1.64. The summed E-state index contributed by atoms with van der Waals surface area (Å²) in [7, 11) is 0. The highest BCUT2D eigenvalue weighted by Crippen LogP contribution is 2.20. The van der Waals surface area contributed by atoms with E-state index in [0.29, 0.717) is 18.7 Å². The van der Waals surface area contributed by atoms with Gasteiger partial charge < -0.3 is 19.8 Å². The fourth-order valence-electron chi connectivity index (χ4n) is 2.54. The van der Waals surface area contributed by atoms with Crippen LogP contribution in [0.5, 0.6) is 0 Å². The molecule has 0 bridgehead atoms. The highest BCUT2D eigenvalue weighted by molar-refractivity contribution is 5.66. The summed E-state index contributed by atoms with van der Waals surface area (Å²) in [5.74, 6) is -0.0941. The Labute approximate surface area is 125 Å². The zero-order valence-electron chi connectivity index (χ0n) is 11.7. The smallest absolute Gasteiger partial charge is 0.407 e. The zero-order valence-corrected chi connectivity index (χ0v) is 11.7. The van der Waals surface area contributed by atoms with Crippen molar-refractivity contribution in [2.75, 3.05) is 18.4 Å². The molecule has 0 spiro atoms. The van der Waals surface area contributed by atoms with E-state index in [1.807, 2.05) is 0 Å². The molecule has 1 aliphatic heterocycles. The van der Waals surface area contributed by atoms with Gasteiger partial charge in [0.2, 0.25) is 5.82 Å². The Morgan fingerprint density at radius 1 is 1.55 bits per heavy atom. The molecule has 2 aromatic rings. The Hall–Kier alpha value is -2.64. The number of nitrogens with zero attached hydrogens (tertiary/aromatic N) is 3. The summed E-state index contributed by atoms with van der Waals surface area (Å²) in [6.45, 7) is 0.942. The second-order valence-corrected chi connectivity index (χ2v) is 5.09. The van der Waals surface area contributed by atoms with Crippen LogP contribution in [0.15, 0.2) is 28.8 Å². The van der Waals surface area contributed by atoms with Gasteiger partial charge in [0.1, 0.15) is 5.82 Å². The van der Waals surface area contributed by atoms with Crippen LogP contribution in [-0.4, -0.2) is 45.4 Å². The third-order valence-electron chi connectivity index (χ3n) is 3.62. The number of aromatic nitrogens is 2. The highest BCUT2D eigenvalue weighted by Gasteiger charge is 2.28. The van der Waals surface area contributed by atoms with Crippen molar-refractivity contribution in [1.82, 2.24) is 15.0 Å². The molecule has 2 heterocycles. The van der Waals surface area contributed by atoms with Crippen LogP contribution < -0.4 is 5.32 Å². The number of carboxylic acid groups (broad SMARTS) is 1. The van der Waals surface area contributed by atoms with Crippen LogP contribution in [0.25, 0.3) is 11.4 Å². The van der Waals surface area contributed by atoms with Crippen LogP contribution in [0.3, 0.4) is 0 Å². The maximum absolute atomic E-state index is 13.2. The van der Waals surface area contributed by atoms with Crippen molar-refractivity contribution in [2.45, 2.75) is 18.9 Å². The minimum absolute atomic E-state index is 0.109. The Morgan fingerprint density at radius 2 is 2.41 bits per heavy atom. The van der Waals surface area contributed by atoms with Crippen molar-refractivity contribution >= 4 is 12.1 Å². The normalized spacial score (nSPS) is 17.7. The summed E-state index contributed by atoms with van der Waals surface area (Å²) in [5.41, 5.74) is 0.518. The summed E-state index contributed by atoms with van der Waals surface area (Å²) in [6.07, 6.45) is 0.719. The molecule has 7 nitrogen and oxygen atoms in total. The molecule has 1 saturated heterocycles. The molecule has 0 unspecified atom stereocenters. The molecule has 0 saturated carbocycles. The number of hydrogen-bond acceptors (Lipinski definition) is 5. The van der Waals surface area contributed by atoms with Crippen molar-refractivity contribution in [3.05, 3.63) is 30.1 Å². The van der Waals surface area contributed by atoms with Crippen molar-refractivity contribution in [1.29, 1.82) is 0 Å². The van der Waals surface area contributed by atoms with E-state index >= 15 is 0 Å². The number of halogens is 1. The molecule has 8 heteroatoms. The van der Waals surface area contributed by atoms with Gasteiger partial charge >= 0.3 is 12.1 Å². The maximum atomic E-state index is 13.2. The molecule has 1 fully saturated rings. The molecule has 1 aromatic heterocycles. The van der Waals surface area contributed by atoms with Crippen LogP contribution in [0, 0.1) is 5.82 Å². The molecule has 116 valence electrons. The third kappa shape index (κ3) is 3.00. The van der Waals surface area contributed by atoms with Crippen LogP contribution >= 0.6 is 0 Å². The number of carbonyl (C=O) groups is 1. The van der Waals surface area contributed by atoms with Crippen molar-refractivity contribution in [3.8, 4) is 11.4 Å². The van der Waals surface area contributed by atoms with Crippen molar-refractivity contribution < 1.29 is 18.8 Å². The minimum Gasteiger partial charge on any atom is -0.465 e. The number of benzene rings is 1. The molecule has 1 amide bonds. The topological polar surface area (TPSA) is 91.5 Å². The highest BCUT2D eigenvalue weighted by atomic mass is 19.1. The molecule has 22 heavy (non-hydrogen) atoms. The number of hydrogen-bond donors (Lipinski definition) is 2. The van der Waals surface area contributed by atoms with Crippen molar-refractivity contribution in [3.63, 3.8) is 0 Å². The van der Waals surface area contributed by atoms with Crippen LogP contribution in [0.1, 0.15) is 12.8 Å². The predicted octanol–water partition coefficient (Wildman–Crippen LogP) is 2.43. The SMILES string of the molecule is O=C(O)N1CCC[C@H]1CNc1nc(-c2cccc(F)c2)no1. The lowest BCUT2D eigenvalue weighted by Crippen LogP contribution is -2.38. The summed E-state index contributed by atoms with van der Waals surface area (Å²) >= 11 is 0. The van der Waals surface area contributed by atoms with Gasteiger partial charge in [0.05, 0.1) is 6.04 Å². The number of amides is 1. The van der Waals surface area contributed by atoms with E-state index in [9.17, 15) is 9.18 Å².